The normalized spacial score (nSPS) is 17.7. The second kappa shape index (κ2) is 5.12. The van der Waals surface area contributed by atoms with Crippen LogP contribution < -0.4 is 5.32 Å². The largest absolute Gasteiger partial charge is 0.475 e. The van der Waals surface area contributed by atoms with E-state index < -0.39 is 5.97 Å². The Bertz CT molecular complexity index is 422. The van der Waals surface area contributed by atoms with Crippen molar-refractivity contribution in [2.75, 3.05) is 20.6 Å². The summed E-state index contributed by atoms with van der Waals surface area (Å²) < 4.78 is 5.20. The first kappa shape index (κ1) is 13.1. The van der Waals surface area contributed by atoms with Gasteiger partial charge in [-0.15, -0.1) is 0 Å². The lowest BCUT2D eigenvalue weighted by molar-refractivity contribution is 0.0589. The average molecular weight is 252 g/mol. The van der Waals surface area contributed by atoms with E-state index in [1.54, 1.807) is 6.07 Å². The van der Waals surface area contributed by atoms with E-state index in [-0.39, 0.29) is 11.3 Å². The highest BCUT2D eigenvalue weighted by Crippen LogP contribution is 2.35. The van der Waals surface area contributed by atoms with E-state index in [0.717, 1.165) is 6.54 Å². The van der Waals surface area contributed by atoms with Gasteiger partial charge < -0.3 is 19.7 Å². The van der Waals surface area contributed by atoms with Gasteiger partial charge in [-0.2, -0.15) is 0 Å². The summed E-state index contributed by atoms with van der Waals surface area (Å²) in [5.74, 6) is -0.358. The molecule has 0 aromatic carbocycles. The summed E-state index contributed by atoms with van der Waals surface area (Å²) in [7, 11) is 4.21. The minimum absolute atomic E-state index is 0.00207. The van der Waals surface area contributed by atoms with E-state index in [1.165, 1.54) is 25.3 Å². The highest BCUT2D eigenvalue weighted by molar-refractivity contribution is 5.84. The molecular formula is C13H20N2O3. The molecule has 5 heteroatoms. The lowest BCUT2D eigenvalue weighted by Gasteiger charge is -2.47. The molecule has 0 radical (unpaired) electrons. The quantitative estimate of drug-likeness (QED) is 0.804. The summed E-state index contributed by atoms with van der Waals surface area (Å²) in [6, 6.07) is 3.20. The molecule has 1 fully saturated rings. The third kappa shape index (κ3) is 2.57. The van der Waals surface area contributed by atoms with Gasteiger partial charge in [-0.1, -0.05) is 0 Å². The number of rotatable bonds is 6. The maximum Gasteiger partial charge on any atom is 0.371 e. The van der Waals surface area contributed by atoms with Gasteiger partial charge in [-0.3, -0.25) is 0 Å². The lowest BCUT2D eigenvalue weighted by atomic mass is 9.75. The first-order chi connectivity index (χ1) is 8.53. The average Bonchev–Trinajstić information content (AvgIpc) is 2.70. The standard InChI is InChI=1S/C13H20N2O3/c1-15(2)13(6-3-7-13)9-14-8-10-4-5-11(18-10)12(16)17/h4-5,14H,3,6-9H2,1-2H3,(H,16,17). The van der Waals surface area contributed by atoms with Crippen LogP contribution in [0.15, 0.2) is 16.5 Å². The Morgan fingerprint density at radius 1 is 1.50 bits per heavy atom. The van der Waals surface area contributed by atoms with Crippen LogP contribution in [0.5, 0.6) is 0 Å². The predicted molar refractivity (Wildman–Crippen MR) is 67.6 cm³/mol. The van der Waals surface area contributed by atoms with Gasteiger partial charge in [0.15, 0.2) is 0 Å². The zero-order valence-electron chi connectivity index (χ0n) is 10.9. The van der Waals surface area contributed by atoms with Crippen LogP contribution in [0.4, 0.5) is 0 Å². The number of carbonyl (C=O) groups is 1. The van der Waals surface area contributed by atoms with Crippen molar-refractivity contribution in [1.82, 2.24) is 10.2 Å². The van der Waals surface area contributed by atoms with Gasteiger partial charge in [-0.25, -0.2) is 4.79 Å². The number of nitrogens with one attached hydrogen (secondary N) is 1. The van der Waals surface area contributed by atoms with Crippen LogP contribution >= 0.6 is 0 Å². The molecule has 2 rings (SSSR count). The van der Waals surface area contributed by atoms with Gasteiger partial charge in [0.05, 0.1) is 6.54 Å². The Kier molecular flexibility index (Phi) is 3.73. The molecule has 1 saturated carbocycles. The van der Waals surface area contributed by atoms with Crippen molar-refractivity contribution in [2.24, 2.45) is 0 Å². The Morgan fingerprint density at radius 3 is 2.67 bits per heavy atom. The number of carboxylic acids is 1. The summed E-state index contributed by atoms with van der Waals surface area (Å²) in [5.41, 5.74) is 0.266. The van der Waals surface area contributed by atoms with Gasteiger partial charge in [-0.05, 0) is 45.5 Å². The zero-order valence-corrected chi connectivity index (χ0v) is 10.9. The third-order valence-electron chi connectivity index (χ3n) is 3.86. The predicted octanol–water partition coefficient (Wildman–Crippen LogP) is 1.55. The smallest absolute Gasteiger partial charge is 0.371 e. The number of furan rings is 1. The monoisotopic (exact) mass is 252 g/mol. The van der Waals surface area contributed by atoms with Crippen molar-refractivity contribution in [3.05, 3.63) is 23.7 Å². The summed E-state index contributed by atoms with van der Waals surface area (Å²) >= 11 is 0. The Labute approximate surface area is 107 Å². The number of hydrogen-bond acceptors (Lipinski definition) is 4. The highest BCUT2D eigenvalue weighted by Gasteiger charge is 2.38. The molecule has 100 valence electrons. The molecule has 0 spiro atoms. The molecule has 5 nitrogen and oxygen atoms in total. The van der Waals surface area contributed by atoms with Crippen LogP contribution in [0.3, 0.4) is 0 Å². The van der Waals surface area contributed by atoms with Crippen LogP contribution in [-0.2, 0) is 6.54 Å². The first-order valence-electron chi connectivity index (χ1n) is 6.24. The van der Waals surface area contributed by atoms with Crippen molar-refractivity contribution < 1.29 is 14.3 Å². The van der Waals surface area contributed by atoms with Crippen molar-refractivity contribution in [3.8, 4) is 0 Å². The molecule has 1 aromatic heterocycles. The molecular weight excluding hydrogens is 232 g/mol. The second-order valence-corrected chi connectivity index (χ2v) is 5.15. The number of aromatic carboxylic acids is 1. The van der Waals surface area contributed by atoms with Crippen molar-refractivity contribution >= 4 is 5.97 Å². The zero-order chi connectivity index (χ0) is 13.2. The summed E-state index contributed by atoms with van der Waals surface area (Å²) in [6.45, 7) is 1.48. The lowest BCUT2D eigenvalue weighted by Crippen LogP contribution is -2.56. The molecule has 1 aromatic rings. The van der Waals surface area contributed by atoms with E-state index in [4.69, 9.17) is 9.52 Å². The summed E-state index contributed by atoms with van der Waals surface area (Å²) in [4.78, 5) is 12.9. The van der Waals surface area contributed by atoms with Crippen LogP contribution in [0.25, 0.3) is 0 Å². The van der Waals surface area contributed by atoms with E-state index in [9.17, 15) is 4.79 Å². The number of likely N-dealkylation sites (N-methyl/N-ethyl adjacent to an activating group) is 1. The van der Waals surface area contributed by atoms with Crippen LogP contribution in [0.2, 0.25) is 0 Å². The van der Waals surface area contributed by atoms with E-state index >= 15 is 0 Å². The van der Waals surface area contributed by atoms with Gasteiger partial charge in [0.25, 0.3) is 0 Å². The minimum Gasteiger partial charge on any atom is -0.475 e. The molecule has 0 bridgehead atoms. The van der Waals surface area contributed by atoms with Gasteiger partial charge in [0, 0.05) is 12.1 Å². The number of carboxylic acid groups (broad SMARTS) is 1. The fourth-order valence-electron chi connectivity index (χ4n) is 2.37. The maximum atomic E-state index is 10.7. The molecule has 0 saturated heterocycles. The van der Waals surface area contributed by atoms with Crippen molar-refractivity contribution in [1.29, 1.82) is 0 Å². The van der Waals surface area contributed by atoms with E-state index in [2.05, 4.69) is 24.3 Å². The number of hydrogen-bond donors (Lipinski definition) is 2. The van der Waals surface area contributed by atoms with E-state index in [0.29, 0.717) is 12.3 Å². The van der Waals surface area contributed by atoms with Crippen LogP contribution in [0, 0.1) is 0 Å². The van der Waals surface area contributed by atoms with Gasteiger partial charge in [0.1, 0.15) is 5.76 Å². The molecule has 0 atom stereocenters. The van der Waals surface area contributed by atoms with E-state index in [1.807, 2.05) is 0 Å². The van der Waals surface area contributed by atoms with Crippen molar-refractivity contribution in [2.45, 2.75) is 31.3 Å². The molecule has 1 heterocycles. The topological polar surface area (TPSA) is 65.7 Å². The molecule has 1 aliphatic carbocycles. The van der Waals surface area contributed by atoms with Crippen LogP contribution in [0.1, 0.15) is 35.6 Å². The first-order valence-corrected chi connectivity index (χ1v) is 6.24. The Hall–Kier alpha value is -1.33. The Balaban J connectivity index is 1.82. The summed E-state index contributed by atoms with van der Waals surface area (Å²) in [6.07, 6.45) is 3.71. The third-order valence-corrected chi connectivity index (χ3v) is 3.86. The van der Waals surface area contributed by atoms with Gasteiger partial charge in [0.2, 0.25) is 5.76 Å². The molecule has 0 unspecified atom stereocenters. The minimum atomic E-state index is -1.02. The SMILES string of the molecule is CN(C)C1(CNCc2ccc(C(=O)O)o2)CCC1. The Morgan fingerprint density at radius 2 is 2.22 bits per heavy atom. The van der Waals surface area contributed by atoms with Crippen LogP contribution in [-0.4, -0.2) is 42.2 Å². The molecule has 18 heavy (non-hydrogen) atoms. The number of nitrogens with zero attached hydrogens (tertiary/aromatic N) is 1. The van der Waals surface area contributed by atoms with Crippen molar-refractivity contribution in [3.63, 3.8) is 0 Å². The fraction of sp³-hybridized carbons (Fsp3) is 0.615. The summed E-state index contributed by atoms with van der Waals surface area (Å²) in [5, 5.41) is 12.1. The maximum absolute atomic E-state index is 10.7. The molecule has 1 aliphatic rings. The fourth-order valence-corrected chi connectivity index (χ4v) is 2.37. The second-order valence-electron chi connectivity index (χ2n) is 5.15. The molecule has 0 aliphatic heterocycles. The van der Waals surface area contributed by atoms with Gasteiger partial charge >= 0.3 is 5.97 Å². The molecule has 2 N–H and O–H groups in total. The highest BCUT2D eigenvalue weighted by atomic mass is 16.4. The molecule has 0 amide bonds.